The summed E-state index contributed by atoms with van der Waals surface area (Å²) < 4.78 is 26.7. The van der Waals surface area contributed by atoms with Gasteiger partial charge in [-0.25, -0.2) is 8.78 Å². The van der Waals surface area contributed by atoms with Gasteiger partial charge in [-0.2, -0.15) is 0 Å². The predicted molar refractivity (Wildman–Crippen MR) is 74.8 cm³/mol. The molecule has 1 heterocycles. The van der Waals surface area contributed by atoms with Crippen LogP contribution in [0.2, 0.25) is 0 Å². The van der Waals surface area contributed by atoms with E-state index < -0.39 is 11.6 Å². The summed E-state index contributed by atoms with van der Waals surface area (Å²) in [5.41, 5.74) is -0.130. The summed E-state index contributed by atoms with van der Waals surface area (Å²) >= 11 is 0. The number of hydrogen-bond acceptors (Lipinski definition) is 2. The van der Waals surface area contributed by atoms with Crippen LogP contribution >= 0.6 is 0 Å². The molecule has 0 amide bonds. The van der Waals surface area contributed by atoms with Crippen LogP contribution in [-0.4, -0.2) is 29.8 Å². The molecule has 1 saturated heterocycles. The Morgan fingerprint density at radius 1 is 1.35 bits per heavy atom. The van der Waals surface area contributed by atoms with Crippen LogP contribution in [0.5, 0.6) is 0 Å². The van der Waals surface area contributed by atoms with E-state index in [1.165, 1.54) is 25.0 Å². The molecule has 0 aromatic heterocycles. The van der Waals surface area contributed by atoms with Gasteiger partial charge in [0.2, 0.25) is 0 Å². The molecule has 0 bridgehead atoms. The SMILES string of the molecule is CCC1CCCCN1CCC(=O)c1cccc(F)c1F. The quantitative estimate of drug-likeness (QED) is 0.765. The third-order valence-electron chi connectivity index (χ3n) is 4.10. The van der Waals surface area contributed by atoms with Gasteiger partial charge >= 0.3 is 0 Å². The number of ketones is 1. The molecule has 0 saturated carbocycles. The minimum atomic E-state index is -1.02. The van der Waals surface area contributed by atoms with Crippen LogP contribution in [0.1, 0.15) is 49.4 Å². The molecule has 0 spiro atoms. The molecule has 1 atom stereocenters. The molecule has 4 heteroatoms. The zero-order valence-electron chi connectivity index (χ0n) is 11.9. The van der Waals surface area contributed by atoms with Gasteiger partial charge in [0, 0.05) is 19.0 Å². The number of nitrogens with zero attached hydrogens (tertiary/aromatic N) is 1. The molecule has 1 fully saturated rings. The summed E-state index contributed by atoms with van der Waals surface area (Å²) in [7, 11) is 0. The number of carbonyl (C=O) groups excluding carboxylic acids is 1. The Labute approximate surface area is 118 Å². The van der Waals surface area contributed by atoms with Crippen molar-refractivity contribution in [1.82, 2.24) is 4.90 Å². The first-order chi connectivity index (χ1) is 9.63. The maximum Gasteiger partial charge on any atom is 0.169 e. The molecule has 1 aliphatic rings. The Hall–Kier alpha value is -1.29. The number of halogens is 2. The molecule has 1 unspecified atom stereocenters. The van der Waals surface area contributed by atoms with Crippen LogP contribution < -0.4 is 0 Å². The van der Waals surface area contributed by atoms with Crippen molar-refractivity contribution in [2.24, 2.45) is 0 Å². The Morgan fingerprint density at radius 3 is 2.90 bits per heavy atom. The van der Waals surface area contributed by atoms with E-state index in [0.29, 0.717) is 12.6 Å². The second-order valence-electron chi connectivity index (χ2n) is 5.37. The highest BCUT2D eigenvalue weighted by Crippen LogP contribution is 2.20. The van der Waals surface area contributed by atoms with E-state index in [2.05, 4.69) is 11.8 Å². The molecule has 110 valence electrons. The maximum atomic E-state index is 13.6. The molecular weight excluding hydrogens is 260 g/mol. The molecule has 1 aromatic rings. The van der Waals surface area contributed by atoms with Crippen LogP contribution in [0.15, 0.2) is 18.2 Å². The van der Waals surface area contributed by atoms with Gasteiger partial charge in [-0.15, -0.1) is 0 Å². The molecule has 0 aliphatic carbocycles. The molecule has 1 aromatic carbocycles. The zero-order chi connectivity index (χ0) is 14.5. The lowest BCUT2D eigenvalue weighted by atomic mass is 9.99. The Bertz CT molecular complexity index is 476. The summed E-state index contributed by atoms with van der Waals surface area (Å²) in [6, 6.07) is 4.29. The van der Waals surface area contributed by atoms with E-state index in [0.717, 1.165) is 25.5 Å². The fourth-order valence-electron chi connectivity index (χ4n) is 2.92. The predicted octanol–water partition coefficient (Wildman–Crippen LogP) is 3.80. The Morgan fingerprint density at radius 2 is 2.15 bits per heavy atom. The standard InChI is InChI=1S/C16H21F2NO/c1-2-12-6-3-4-10-19(12)11-9-15(20)13-7-5-8-14(17)16(13)18/h5,7-8,12H,2-4,6,9-11H2,1H3. The topological polar surface area (TPSA) is 20.3 Å². The number of likely N-dealkylation sites (tertiary alicyclic amines) is 1. The summed E-state index contributed by atoms with van der Waals surface area (Å²) in [4.78, 5) is 14.3. The summed E-state index contributed by atoms with van der Waals surface area (Å²) in [5, 5.41) is 0. The lowest BCUT2D eigenvalue weighted by Crippen LogP contribution is -2.40. The molecule has 20 heavy (non-hydrogen) atoms. The van der Waals surface area contributed by atoms with Gasteiger partial charge in [-0.3, -0.25) is 9.69 Å². The van der Waals surface area contributed by atoms with Gasteiger partial charge in [0.15, 0.2) is 17.4 Å². The number of carbonyl (C=O) groups is 1. The van der Waals surface area contributed by atoms with E-state index in [4.69, 9.17) is 0 Å². The lowest BCUT2D eigenvalue weighted by Gasteiger charge is -2.35. The van der Waals surface area contributed by atoms with Gasteiger partial charge < -0.3 is 0 Å². The van der Waals surface area contributed by atoms with Crippen molar-refractivity contribution in [3.63, 3.8) is 0 Å². The van der Waals surface area contributed by atoms with Crippen LogP contribution in [-0.2, 0) is 0 Å². The molecule has 2 rings (SSSR count). The monoisotopic (exact) mass is 281 g/mol. The second-order valence-corrected chi connectivity index (χ2v) is 5.37. The van der Waals surface area contributed by atoms with Crippen molar-refractivity contribution >= 4 is 5.78 Å². The van der Waals surface area contributed by atoms with Gasteiger partial charge in [0.25, 0.3) is 0 Å². The van der Waals surface area contributed by atoms with Crippen molar-refractivity contribution in [1.29, 1.82) is 0 Å². The molecule has 1 aliphatic heterocycles. The van der Waals surface area contributed by atoms with Crippen molar-refractivity contribution in [2.75, 3.05) is 13.1 Å². The third-order valence-corrected chi connectivity index (χ3v) is 4.10. The third kappa shape index (κ3) is 3.42. The zero-order valence-corrected chi connectivity index (χ0v) is 11.9. The maximum absolute atomic E-state index is 13.6. The van der Waals surface area contributed by atoms with Gasteiger partial charge in [0.05, 0.1) is 5.56 Å². The van der Waals surface area contributed by atoms with E-state index in [9.17, 15) is 13.6 Å². The van der Waals surface area contributed by atoms with E-state index in [-0.39, 0.29) is 17.8 Å². The normalized spacial score (nSPS) is 20.1. The first kappa shape index (κ1) is 15.1. The molecule has 0 N–H and O–H groups in total. The van der Waals surface area contributed by atoms with Gasteiger partial charge in [0.1, 0.15) is 0 Å². The highest BCUT2D eigenvalue weighted by molar-refractivity contribution is 5.96. The fourth-order valence-corrected chi connectivity index (χ4v) is 2.92. The minimum Gasteiger partial charge on any atom is -0.300 e. The highest BCUT2D eigenvalue weighted by atomic mass is 19.2. The number of piperidine rings is 1. The number of rotatable bonds is 5. The molecular formula is C16H21F2NO. The largest absolute Gasteiger partial charge is 0.300 e. The van der Waals surface area contributed by atoms with Crippen LogP contribution in [0, 0.1) is 11.6 Å². The van der Waals surface area contributed by atoms with Crippen LogP contribution in [0.3, 0.4) is 0 Å². The first-order valence-corrected chi connectivity index (χ1v) is 7.34. The average Bonchev–Trinajstić information content (AvgIpc) is 2.48. The average molecular weight is 281 g/mol. The highest BCUT2D eigenvalue weighted by Gasteiger charge is 2.22. The number of benzene rings is 1. The summed E-state index contributed by atoms with van der Waals surface area (Å²) in [5.74, 6) is -2.30. The minimum absolute atomic E-state index is 0.130. The molecule has 2 nitrogen and oxygen atoms in total. The van der Waals surface area contributed by atoms with Crippen LogP contribution in [0.25, 0.3) is 0 Å². The van der Waals surface area contributed by atoms with Crippen LogP contribution in [0.4, 0.5) is 8.78 Å². The van der Waals surface area contributed by atoms with Gasteiger partial charge in [-0.1, -0.05) is 19.4 Å². The van der Waals surface area contributed by atoms with Crippen molar-refractivity contribution in [3.8, 4) is 0 Å². The lowest BCUT2D eigenvalue weighted by molar-refractivity contribution is 0.0918. The van der Waals surface area contributed by atoms with E-state index in [1.807, 2.05) is 0 Å². The first-order valence-electron chi connectivity index (χ1n) is 7.34. The Kier molecular flexibility index (Phi) is 5.24. The van der Waals surface area contributed by atoms with E-state index >= 15 is 0 Å². The summed E-state index contributed by atoms with van der Waals surface area (Å²) in [6.07, 6.45) is 4.87. The Balaban J connectivity index is 1.96. The van der Waals surface area contributed by atoms with Crippen molar-refractivity contribution in [2.45, 2.75) is 45.1 Å². The van der Waals surface area contributed by atoms with Crippen molar-refractivity contribution < 1.29 is 13.6 Å². The fraction of sp³-hybridized carbons (Fsp3) is 0.562. The van der Waals surface area contributed by atoms with Crippen molar-refractivity contribution in [3.05, 3.63) is 35.4 Å². The smallest absolute Gasteiger partial charge is 0.169 e. The summed E-state index contributed by atoms with van der Waals surface area (Å²) in [6.45, 7) is 3.78. The number of hydrogen-bond donors (Lipinski definition) is 0. The molecule has 0 radical (unpaired) electrons. The second kappa shape index (κ2) is 6.93. The van der Waals surface area contributed by atoms with E-state index in [1.54, 1.807) is 0 Å². The number of Topliss-reactive ketones (excluding diaryl/α,β-unsaturated/α-hetero) is 1. The van der Waals surface area contributed by atoms with Gasteiger partial charge in [-0.05, 0) is 37.9 Å².